The van der Waals surface area contributed by atoms with E-state index in [0.29, 0.717) is 17.0 Å². The summed E-state index contributed by atoms with van der Waals surface area (Å²) in [4.78, 5) is 0.311. The summed E-state index contributed by atoms with van der Waals surface area (Å²) in [5, 5.41) is 3.47. The van der Waals surface area contributed by atoms with E-state index in [-0.39, 0.29) is 12.1 Å². The van der Waals surface area contributed by atoms with Gasteiger partial charge in [0.25, 0.3) is 10.0 Å². The third-order valence-corrected chi connectivity index (χ3v) is 7.02. The third kappa shape index (κ3) is 3.38. The molecule has 0 spiro atoms. The number of anilines is 2. The van der Waals surface area contributed by atoms with Crippen molar-refractivity contribution in [2.45, 2.75) is 37.2 Å². The van der Waals surface area contributed by atoms with Crippen molar-refractivity contribution in [1.29, 1.82) is 0 Å². The Balaban J connectivity index is 1.90. The minimum Gasteiger partial charge on any atom is -0.382 e. The van der Waals surface area contributed by atoms with Gasteiger partial charge in [0.05, 0.1) is 16.6 Å². The molecule has 1 aliphatic rings. The molecule has 28 heavy (non-hydrogen) atoms. The predicted octanol–water partition coefficient (Wildman–Crippen LogP) is 5.14. The minimum atomic E-state index is -3.73. The average Bonchev–Trinajstić information content (AvgIpc) is 2.69. The highest BCUT2D eigenvalue weighted by atomic mass is 32.2. The second-order valence-electron chi connectivity index (χ2n) is 7.33. The van der Waals surface area contributed by atoms with E-state index in [9.17, 15) is 8.42 Å². The molecule has 0 aromatic heterocycles. The molecule has 0 saturated heterocycles. The number of hydrogen-bond acceptors (Lipinski definition) is 3. The highest BCUT2D eigenvalue weighted by Crippen LogP contribution is 2.41. The lowest BCUT2D eigenvalue weighted by molar-refractivity contribution is 0.541. The third-order valence-electron chi connectivity index (χ3n) is 5.17. The highest BCUT2D eigenvalue weighted by molar-refractivity contribution is 7.92. The summed E-state index contributed by atoms with van der Waals surface area (Å²) in [6.07, 6.45) is 0.691. The van der Waals surface area contributed by atoms with Gasteiger partial charge < -0.3 is 5.32 Å². The van der Waals surface area contributed by atoms with E-state index in [1.165, 1.54) is 0 Å². The molecule has 0 saturated carbocycles. The first-order valence-corrected chi connectivity index (χ1v) is 10.9. The molecular weight excluding hydrogens is 368 g/mol. The van der Waals surface area contributed by atoms with Crippen LogP contribution in [0.2, 0.25) is 0 Å². The number of hydrogen-bond donors (Lipinski definition) is 1. The lowest BCUT2D eigenvalue weighted by Gasteiger charge is -2.39. The lowest BCUT2D eigenvalue weighted by Crippen LogP contribution is -2.40. The van der Waals surface area contributed by atoms with Crippen LogP contribution in [-0.4, -0.2) is 14.5 Å². The molecule has 4 rings (SSSR count). The fourth-order valence-corrected chi connectivity index (χ4v) is 5.45. The zero-order chi connectivity index (χ0) is 19.7. The maximum Gasteiger partial charge on any atom is 0.264 e. The van der Waals surface area contributed by atoms with Crippen molar-refractivity contribution in [3.05, 3.63) is 90.0 Å². The van der Waals surface area contributed by atoms with Crippen LogP contribution in [0, 0.1) is 6.92 Å². The molecule has 144 valence electrons. The summed E-state index contributed by atoms with van der Waals surface area (Å²) in [6.45, 7) is 4.04. The fraction of sp³-hybridized carbons (Fsp3) is 0.217. The van der Waals surface area contributed by atoms with Gasteiger partial charge in [-0.15, -0.1) is 0 Å². The summed E-state index contributed by atoms with van der Waals surface area (Å²) >= 11 is 0. The Kier molecular flexibility index (Phi) is 4.85. The molecule has 1 heterocycles. The number of fused-ring (bicyclic) bond motifs is 1. The first kappa shape index (κ1) is 18.6. The van der Waals surface area contributed by atoms with Crippen LogP contribution in [0.4, 0.5) is 11.4 Å². The van der Waals surface area contributed by atoms with E-state index >= 15 is 0 Å². The highest BCUT2D eigenvalue weighted by Gasteiger charge is 2.36. The van der Waals surface area contributed by atoms with Gasteiger partial charge in [-0.25, -0.2) is 8.42 Å². The van der Waals surface area contributed by atoms with Crippen molar-refractivity contribution in [1.82, 2.24) is 0 Å². The van der Waals surface area contributed by atoms with Gasteiger partial charge in [-0.05, 0) is 56.2 Å². The monoisotopic (exact) mass is 392 g/mol. The molecule has 2 unspecified atom stereocenters. The van der Waals surface area contributed by atoms with Crippen LogP contribution in [0.25, 0.3) is 0 Å². The minimum absolute atomic E-state index is 0.166. The van der Waals surface area contributed by atoms with E-state index in [2.05, 4.69) is 12.2 Å². The first-order chi connectivity index (χ1) is 13.5. The van der Waals surface area contributed by atoms with Gasteiger partial charge in [-0.3, -0.25) is 4.31 Å². The molecule has 0 aliphatic carbocycles. The smallest absolute Gasteiger partial charge is 0.264 e. The van der Waals surface area contributed by atoms with Gasteiger partial charge >= 0.3 is 0 Å². The van der Waals surface area contributed by atoms with Crippen LogP contribution >= 0.6 is 0 Å². The van der Waals surface area contributed by atoms with Crippen LogP contribution < -0.4 is 9.62 Å². The maximum atomic E-state index is 13.8. The zero-order valence-corrected chi connectivity index (χ0v) is 16.9. The van der Waals surface area contributed by atoms with Crippen LogP contribution in [0.15, 0.2) is 83.8 Å². The largest absolute Gasteiger partial charge is 0.382 e. The van der Waals surface area contributed by atoms with Crippen LogP contribution in [-0.2, 0) is 10.0 Å². The van der Waals surface area contributed by atoms with E-state index in [1.54, 1.807) is 16.4 Å². The maximum absolute atomic E-state index is 13.8. The molecule has 0 radical (unpaired) electrons. The van der Waals surface area contributed by atoms with Crippen LogP contribution in [0.5, 0.6) is 0 Å². The van der Waals surface area contributed by atoms with Crippen molar-refractivity contribution >= 4 is 21.4 Å². The molecule has 0 bridgehead atoms. The quantitative estimate of drug-likeness (QED) is 0.669. The van der Waals surface area contributed by atoms with Crippen LogP contribution in [0.1, 0.15) is 30.5 Å². The van der Waals surface area contributed by atoms with Gasteiger partial charge in [0.2, 0.25) is 0 Å². The molecule has 4 nitrogen and oxygen atoms in total. The molecular formula is C23H24N2O2S. The Hall–Kier alpha value is -2.79. The second-order valence-corrected chi connectivity index (χ2v) is 9.15. The summed E-state index contributed by atoms with van der Waals surface area (Å²) in [5.41, 5.74) is 3.70. The summed E-state index contributed by atoms with van der Waals surface area (Å²) < 4.78 is 29.1. The van der Waals surface area contributed by atoms with Crippen molar-refractivity contribution in [2.24, 2.45) is 0 Å². The molecule has 2 atom stereocenters. The second kappa shape index (κ2) is 7.32. The van der Waals surface area contributed by atoms with E-state index in [0.717, 1.165) is 16.8 Å². The number of rotatable bonds is 4. The number of nitrogens with zero attached hydrogens (tertiary/aromatic N) is 1. The Morgan fingerprint density at radius 3 is 2.25 bits per heavy atom. The molecule has 5 heteroatoms. The molecule has 3 aromatic rings. The van der Waals surface area contributed by atoms with E-state index in [4.69, 9.17) is 0 Å². The Morgan fingerprint density at radius 1 is 0.893 bits per heavy atom. The van der Waals surface area contributed by atoms with Gasteiger partial charge in [0, 0.05) is 11.7 Å². The summed E-state index contributed by atoms with van der Waals surface area (Å²) in [7, 11) is -3.73. The Morgan fingerprint density at radius 2 is 1.54 bits per heavy atom. The number of para-hydroxylation sites is 2. The normalized spacial score (nSPS) is 18.8. The van der Waals surface area contributed by atoms with E-state index < -0.39 is 10.0 Å². The van der Waals surface area contributed by atoms with Crippen molar-refractivity contribution in [3.63, 3.8) is 0 Å². The lowest BCUT2D eigenvalue weighted by atomic mass is 9.93. The topological polar surface area (TPSA) is 49.4 Å². The predicted molar refractivity (Wildman–Crippen MR) is 114 cm³/mol. The van der Waals surface area contributed by atoms with Gasteiger partial charge in [-0.2, -0.15) is 0 Å². The van der Waals surface area contributed by atoms with Gasteiger partial charge in [0.15, 0.2) is 0 Å². The number of aryl methyl sites for hydroxylation is 1. The van der Waals surface area contributed by atoms with Gasteiger partial charge in [-0.1, -0.05) is 54.1 Å². The molecule has 1 N–H and O–H groups in total. The standard InChI is InChI=1S/C23H24N2O2S/c1-17-12-14-20(15-13-17)28(26,27)25(19-8-4-3-5-9-19)23-16-18(2)24-22-11-7-6-10-21(22)23/h3-15,18,23-24H,16H2,1-2H3. The summed E-state index contributed by atoms with van der Waals surface area (Å²) in [5.74, 6) is 0. The summed E-state index contributed by atoms with van der Waals surface area (Å²) in [6, 6.07) is 24.3. The average molecular weight is 393 g/mol. The van der Waals surface area contributed by atoms with Crippen molar-refractivity contribution < 1.29 is 8.42 Å². The molecule has 3 aromatic carbocycles. The molecule has 0 amide bonds. The zero-order valence-electron chi connectivity index (χ0n) is 16.0. The van der Waals surface area contributed by atoms with Crippen molar-refractivity contribution in [2.75, 3.05) is 9.62 Å². The SMILES string of the molecule is Cc1ccc(S(=O)(=O)N(c2ccccc2)C2CC(C)Nc3ccccc32)cc1. The Labute approximate surface area is 166 Å². The number of nitrogens with one attached hydrogen (secondary N) is 1. The van der Waals surface area contributed by atoms with Gasteiger partial charge in [0.1, 0.15) is 0 Å². The molecule has 0 fully saturated rings. The van der Waals surface area contributed by atoms with Crippen LogP contribution in [0.3, 0.4) is 0 Å². The number of benzene rings is 3. The first-order valence-electron chi connectivity index (χ1n) is 9.48. The fourth-order valence-electron chi connectivity index (χ4n) is 3.81. The van der Waals surface area contributed by atoms with E-state index in [1.807, 2.05) is 73.7 Å². The molecule has 1 aliphatic heterocycles. The number of sulfonamides is 1. The Bertz CT molecular complexity index is 1060. The van der Waals surface area contributed by atoms with Crippen molar-refractivity contribution in [3.8, 4) is 0 Å².